The molecule has 0 aliphatic carbocycles. The molecule has 0 heterocycles. The number of rotatable bonds is 6. The third kappa shape index (κ3) is 5.81. The van der Waals surface area contributed by atoms with Gasteiger partial charge in [-0.05, 0) is 55.9 Å². The lowest BCUT2D eigenvalue weighted by molar-refractivity contribution is 0.392. The van der Waals surface area contributed by atoms with E-state index in [2.05, 4.69) is 15.6 Å². The van der Waals surface area contributed by atoms with E-state index in [0.29, 0.717) is 36.7 Å². The molecular formula is C20H26F2N4. The summed E-state index contributed by atoms with van der Waals surface area (Å²) in [5.41, 5.74) is 3.09. The fourth-order valence-electron chi connectivity index (χ4n) is 2.54. The zero-order valence-corrected chi connectivity index (χ0v) is 15.7. The highest BCUT2D eigenvalue weighted by Gasteiger charge is 2.06. The molecule has 0 unspecified atom stereocenters. The number of benzene rings is 2. The number of guanidine groups is 1. The van der Waals surface area contributed by atoms with Gasteiger partial charge in [-0.15, -0.1) is 0 Å². The van der Waals surface area contributed by atoms with Crippen LogP contribution in [0.4, 0.5) is 8.78 Å². The summed E-state index contributed by atoms with van der Waals surface area (Å²) in [6.45, 7) is 3.26. The van der Waals surface area contributed by atoms with E-state index in [0.717, 1.165) is 11.1 Å². The van der Waals surface area contributed by atoms with E-state index in [4.69, 9.17) is 0 Å². The average molecular weight is 360 g/mol. The van der Waals surface area contributed by atoms with Crippen LogP contribution >= 0.6 is 0 Å². The summed E-state index contributed by atoms with van der Waals surface area (Å²) in [4.78, 5) is 6.09. The highest BCUT2D eigenvalue weighted by atomic mass is 19.1. The van der Waals surface area contributed by atoms with Crippen LogP contribution in [0.15, 0.2) is 41.4 Å². The van der Waals surface area contributed by atoms with Gasteiger partial charge in [0.2, 0.25) is 0 Å². The van der Waals surface area contributed by atoms with Crippen molar-refractivity contribution in [2.24, 2.45) is 4.99 Å². The minimum Gasteiger partial charge on any atom is -0.352 e. The smallest absolute Gasteiger partial charge is 0.191 e. The summed E-state index contributed by atoms with van der Waals surface area (Å²) < 4.78 is 27.5. The molecule has 0 atom stereocenters. The second kappa shape index (κ2) is 9.29. The maximum absolute atomic E-state index is 13.9. The van der Waals surface area contributed by atoms with Gasteiger partial charge in [0.1, 0.15) is 11.6 Å². The molecule has 0 aliphatic heterocycles. The van der Waals surface area contributed by atoms with Crippen LogP contribution in [0, 0.1) is 18.6 Å². The number of hydrogen-bond donors (Lipinski definition) is 2. The Morgan fingerprint density at radius 2 is 1.58 bits per heavy atom. The van der Waals surface area contributed by atoms with Crippen LogP contribution in [0.2, 0.25) is 0 Å². The van der Waals surface area contributed by atoms with E-state index in [1.54, 1.807) is 26.1 Å². The Labute approximate surface area is 153 Å². The van der Waals surface area contributed by atoms with Crippen molar-refractivity contribution in [2.45, 2.75) is 26.6 Å². The van der Waals surface area contributed by atoms with E-state index < -0.39 is 0 Å². The molecule has 2 aromatic carbocycles. The van der Waals surface area contributed by atoms with Crippen molar-refractivity contribution in [3.8, 4) is 0 Å². The standard InChI is InChI=1S/C20H26F2N4/c1-14-5-6-16(10-19(14)22)12-25-20(23-2)24-11-15-7-8-18(21)17(9-15)13-26(3)4/h5-10H,11-13H2,1-4H3,(H2,23,24,25). The van der Waals surface area contributed by atoms with Gasteiger partial charge in [-0.25, -0.2) is 8.78 Å². The first-order chi connectivity index (χ1) is 12.4. The molecule has 0 aromatic heterocycles. The van der Waals surface area contributed by atoms with Gasteiger partial charge >= 0.3 is 0 Å². The number of aliphatic imine (C=N–C) groups is 1. The lowest BCUT2D eigenvalue weighted by Crippen LogP contribution is -2.36. The molecule has 0 fully saturated rings. The number of nitrogens with one attached hydrogen (secondary N) is 2. The zero-order valence-electron chi connectivity index (χ0n) is 15.7. The van der Waals surface area contributed by atoms with E-state index >= 15 is 0 Å². The molecule has 2 rings (SSSR count). The molecule has 6 heteroatoms. The molecule has 0 radical (unpaired) electrons. The molecule has 0 aliphatic rings. The molecule has 0 saturated heterocycles. The van der Waals surface area contributed by atoms with Crippen LogP contribution in [-0.2, 0) is 19.6 Å². The van der Waals surface area contributed by atoms with Crippen molar-refractivity contribution < 1.29 is 8.78 Å². The van der Waals surface area contributed by atoms with Crippen molar-refractivity contribution in [2.75, 3.05) is 21.1 Å². The van der Waals surface area contributed by atoms with Crippen LogP contribution in [0.5, 0.6) is 0 Å². The van der Waals surface area contributed by atoms with Crippen molar-refractivity contribution >= 4 is 5.96 Å². The summed E-state index contributed by atoms with van der Waals surface area (Å²) in [5.74, 6) is 0.183. The fraction of sp³-hybridized carbons (Fsp3) is 0.350. The summed E-state index contributed by atoms with van der Waals surface area (Å²) in [7, 11) is 5.49. The predicted octanol–water partition coefficient (Wildman–Crippen LogP) is 3.20. The van der Waals surface area contributed by atoms with Gasteiger partial charge in [0.25, 0.3) is 0 Å². The number of hydrogen-bond acceptors (Lipinski definition) is 2. The summed E-state index contributed by atoms with van der Waals surface area (Å²) in [6, 6.07) is 10.2. The third-order valence-corrected chi connectivity index (χ3v) is 3.98. The molecule has 0 amide bonds. The topological polar surface area (TPSA) is 39.7 Å². The molecule has 140 valence electrons. The van der Waals surface area contributed by atoms with Gasteiger partial charge in [0, 0.05) is 32.2 Å². The molecular weight excluding hydrogens is 334 g/mol. The van der Waals surface area contributed by atoms with Gasteiger partial charge in [-0.2, -0.15) is 0 Å². The Morgan fingerprint density at radius 1 is 0.962 bits per heavy atom. The highest BCUT2D eigenvalue weighted by molar-refractivity contribution is 5.79. The maximum atomic E-state index is 13.9. The van der Waals surface area contributed by atoms with E-state index in [9.17, 15) is 8.78 Å². The summed E-state index contributed by atoms with van der Waals surface area (Å²) >= 11 is 0. The second-order valence-corrected chi connectivity index (χ2v) is 6.53. The third-order valence-electron chi connectivity index (χ3n) is 3.98. The van der Waals surface area contributed by atoms with Crippen LogP contribution in [-0.4, -0.2) is 32.0 Å². The lowest BCUT2D eigenvalue weighted by atomic mass is 10.1. The fourth-order valence-corrected chi connectivity index (χ4v) is 2.54. The molecule has 2 aromatic rings. The van der Waals surface area contributed by atoms with Crippen LogP contribution in [0.25, 0.3) is 0 Å². The zero-order chi connectivity index (χ0) is 19.1. The Morgan fingerprint density at radius 3 is 2.15 bits per heavy atom. The Bertz CT molecular complexity index is 772. The lowest BCUT2D eigenvalue weighted by Gasteiger charge is -2.14. The number of nitrogens with zero attached hydrogens (tertiary/aromatic N) is 2. The number of aryl methyl sites for hydroxylation is 1. The van der Waals surface area contributed by atoms with E-state index in [1.165, 1.54) is 12.1 Å². The van der Waals surface area contributed by atoms with Gasteiger partial charge in [-0.3, -0.25) is 4.99 Å². The predicted molar refractivity (Wildman–Crippen MR) is 102 cm³/mol. The number of halogens is 2. The Balaban J connectivity index is 1.93. The molecule has 4 nitrogen and oxygen atoms in total. The monoisotopic (exact) mass is 360 g/mol. The molecule has 26 heavy (non-hydrogen) atoms. The van der Waals surface area contributed by atoms with Crippen molar-refractivity contribution in [3.63, 3.8) is 0 Å². The summed E-state index contributed by atoms with van der Waals surface area (Å²) in [5, 5.41) is 6.34. The molecule has 0 saturated carbocycles. The Kier molecular flexibility index (Phi) is 7.09. The van der Waals surface area contributed by atoms with Gasteiger partial charge < -0.3 is 15.5 Å². The second-order valence-electron chi connectivity index (χ2n) is 6.53. The highest BCUT2D eigenvalue weighted by Crippen LogP contribution is 2.12. The van der Waals surface area contributed by atoms with Gasteiger partial charge in [0.05, 0.1) is 0 Å². The van der Waals surface area contributed by atoms with Crippen LogP contribution in [0.1, 0.15) is 22.3 Å². The van der Waals surface area contributed by atoms with Crippen molar-refractivity contribution in [1.82, 2.24) is 15.5 Å². The van der Waals surface area contributed by atoms with Crippen LogP contribution in [0.3, 0.4) is 0 Å². The van der Waals surface area contributed by atoms with Crippen LogP contribution < -0.4 is 10.6 Å². The quantitative estimate of drug-likeness (QED) is 0.614. The SMILES string of the molecule is CN=C(NCc1ccc(C)c(F)c1)NCc1ccc(F)c(CN(C)C)c1. The molecule has 0 bridgehead atoms. The minimum atomic E-state index is -0.216. The van der Waals surface area contributed by atoms with Gasteiger partial charge in [-0.1, -0.05) is 18.2 Å². The normalized spacial score (nSPS) is 11.7. The minimum absolute atomic E-state index is 0.202. The first-order valence-electron chi connectivity index (χ1n) is 8.50. The van der Waals surface area contributed by atoms with E-state index in [-0.39, 0.29) is 11.6 Å². The average Bonchev–Trinajstić information content (AvgIpc) is 2.60. The van der Waals surface area contributed by atoms with Gasteiger partial charge in [0.15, 0.2) is 5.96 Å². The molecule has 2 N–H and O–H groups in total. The first-order valence-corrected chi connectivity index (χ1v) is 8.50. The van der Waals surface area contributed by atoms with Crippen molar-refractivity contribution in [3.05, 3.63) is 70.3 Å². The maximum Gasteiger partial charge on any atom is 0.191 e. The summed E-state index contributed by atoms with van der Waals surface area (Å²) in [6.07, 6.45) is 0. The first kappa shape index (κ1) is 19.8. The Hall–Kier alpha value is -2.47. The van der Waals surface area contributed by atoms with Crippen molar-refractivity contribution in [1.29, 1.82) is 0 Å². The van der Waals surface area contributed by atoms with E-state index in [1.807, 2.05) is 31.1 Å². The molecule has 0 spiro atoms. The largest absolute Gasteiger partial charge is 0.352 e.